The smallest absolute Gasteiger partial charge is 0.193 e. The summed E-state index contributed by atoms with van der Waals surface area (Å²) in [7, 11) is 11.8. The Kier molecular flexibility index (Phi) is 11.1. The van der Waals surface area contributed by atoms with Crippen LogP contribution in [0.1, 0.15) is 11.1 Å². The summed E-state index contributed by atoms with van der Waals surface area (Å²) in [6, 6.07) is 9.47. The van der Waals surface area contributed by atoms with Crippen LogP contribution in [0.2, 0.25) is 0 Å². The van der Waals surface area contributed by atoms with Crippen LogP contribution in [0.25, 0.3) is 0 Å². The van der Waals surface area contributed by atoms with Gasteiger partial charge in [-0.1, -0.05) is 0 Å². The molecule has 1 N–H and O–H groups in total. The molecule has 8 nitrogen and oxygen atoms in total. The molecule has 9 heteroatoms. The van der Waals surface area contributed by atoms with Gasteiger partial charge in [0.15, 0.2) is 17.5 Å². The van der Waals surface area contributed by atoms with Gasteiger partial charge >= 0.3 is 0 Å². The number of nitrogens with zero attached hydrogens (tertiary/aromatic N) is 2. The number of ether oxygens (including phenoxy) is 5. The van der Waals surface area contributed by atoms with Crippen LogP contribution in [-0.4, -0.2) is 60.5 Å². The van der Waals surface area contributed by atoms with Gasteiger partial charge in [-0.15, -0.1) is 24.0 Å². The molecule has 0 amide bonds. The van der Waals surface area contributed by atoms with Crippen LogP contribution in [0.4, 0.5) is 0 Å². The molecule has 2 aromatic rings. The molecule has 2 aromatic carbocycles. The molecule has 0 fully saturated rings. The van der Waals surface area contributed by atoms with Gasteiger partial charge in [-0.05, 0) is 18.2 Å². The van der Waals surface area contributed by atoms with Crippen LogP contribution in [0.5, 0.6) is 28.7 Å². The highest BCUT2D eigenvalue weighted by Gasteiger charge is 2.15. The van der Waals surface area contributed by atoms with E-state index in [1.807, 2.05) is 42.3 Å². The fraction of sp³-hybridized carbons (Fsp3) is 0.409. The van der Waals surface area contributed by atoms with Crippen molar-refractivity contribution in [3.05, 3.63) is 41.5 Å². The van der Waals surface area contributed by atoms with E-state index in [1.54, 1.807) is 42.6 Å². The number of benzene rings is 2. The summed E-state index contributed by atoms with van der Waals surface area (Å²) in [5.41, 5.74) is 1.94. The molecule has 0 bridgehead atoms. The Balaban J connectivity index is 0.00000480. The van der Waals surface area contributed by atoms with E-state index in [1.165, 1.54) is 0 Å². The molecule has 0 aliphatic carbocycles. The number of guanidine groups is 1. The number of halogens is 1. The van der Waals surface area contributed by atoms with Crippen LogP contribution in [-0.2, 0) is 13.1 Å². The van der Waals surface area contributed by atoms with Gasteiger partial charge < -0.3 is 33.9 Å². The van der Waals surface area contributed by atoms with Crippen molar-refractivity contribution in [1.82, 2.24) is 10.2 Å². The van der Waals surface area contributed by atoms with Crippen LogP contribution >= 0.6 is 24.0 Å². The zero-order valence-corrected chi connectivity index (χ0v) is 21.5. The van der Waals surface area contributed by atoms with Gasteiger partial charge in [0.25, 0.3) is 0 Å². The average Bonchev–Trinajstić information content (AvgIpc) is 2.78. The predicted molar refractivity (Wildman–Crippen MR) is 133 cm³/mol. The molecule has 172 valence electrons. The Morgan fingerprint density at radius 2 is 1.39 bits per heavy atom. The maximum absolute atomic E-state index is 5.50. The van der Waals surface area contributed by atoms with Gasteiger partial charge in [0.1, 0.15) is 17.2 Å². The first kappa shape index (κ1) is 26.5. The number of nitrogens with one attached hydrogen (secondary N) is 1. The van der Waals surface area contributed by atoms with E-state index in [9.17, 15) is 0 Å². The van der Waals surface area contributed by atoms with Crippen LogP contribution < -0.4 is 29.0 Å². The van der Waals surface area contributed by atoms with Crippen molar-refractivity contribution < 1.29 is 23.7 Å². The fourth-order valence-electron chi connectivity index (χ4n) is 3.10. The number of rotatable bonds is 9. The molecular weight excluding hydrogens is 513 g/mol. The summed E-state index contributed by atoms with van der Waals surface area (Å²) < 4.78 is 27.0. The Morgan fingerprint density at radius 1 is 0.806 bits per heavy atom. The Morgan fingerprint density at radius 3 is 1.94 bits per heavy atom. The minimum atomic E-state index is 0. The Hall–Kier alpha value is -2.56. The van der Waals surface area contributed by atoms with Crippen molar-refractivity contribution in [3.63, 3.8) is 0 Å². The third-order valence-electron chi connectivity index (χ3n) is 4.70. The molecule has 2 rings (SSSR count). The van der Waals surface area contributed by atoms with E-state index >= 15 is 0 Å². The molecule has 0 radical (unpaired) electrons. The normalized spacial score (nSPS) is 10.6. The predicted octanol–water partition coefficient (Wildman–Crippen LogP) is 3.56. The molecule has 0 aliphatic heterocycles. The van der Waals surface area contributed by atoms with Crippen molar-refractivity contribution in [2.45, 2.75) is 13.1 Å². The first-order valence-corrected chi connectivity index (χ1v) is 9.42. The van der Waals surface area contributed by atoms with Crippen molar-refractivity contribution in [1.29, 1.82) is 0 Å². The van der Waals surface area contributed by atoms with Gasteiger partial charge in [-0.3, -0.25) is 4.99 Å². The van der Waals surface area contributed by atoms with Crippen molar-refractivity contribution in [3.8, 4) is 28.7 Å². The maximum Gasteiger partial charge on any atom is 0.193 e. The van der Waals surface area contributed by atoms with E-state index in [2.05, 4.69) is 10.3 Å². The van der Waals surface area contributed by atoms with Gasteiger partial charge in [0.2, 0.25) is 0 Å². The highest BCUT2D eigenvalue weighted by atomic mass is 127. The third-order valence-corrected chi connectivity index (χ3v) is 4.70. The average molecular weight is 545 g/mol. The Labute approximate surface area is 201 Å². The molecule has 0 aromatic heterocycles. The number of aliphatic imine (C=N–C) groups is 1. The monoisotopic (exact) mass is 545 g/mol. The number of hydrogen-bond acceptors (Lipinski definition) is 6. The largest absolute Gasteiger partial charge is 0.497 e. The van der Waals surface area contributed by atoms with E-state index in [0.29, 0.717) is 30.3 Å². The lowest BCUT2D eigenvalue weighted by atomic mass is 10.1. The summed E-state index contributed by atoms with van der Waals surface area (Å²) in [5, 5.41) is 3.36. The minimum absolute atomic E-state index is 0. The summed E-state index contributed by atoms with van der Waals surface area (Å²) in [6.45, 7) is 1.11. The molecule has 0 heterocycles. The highest BCUT2D eigenvalue weighted by molar-refractivity contribution is 14.0. The molecule has 0 atom stereocenters. The lowest BCUT2D eigenvalue weighted by Crippen LogP contribution is -2.38. The van der Waals surface area contributed by atoms with E-state index in [-0.39, 0.29) is 24.0 Å². The zero-order chi connectivity index (χ0) is 22.1. The summed E-state index contributed by atoms with van der Waals surface area (Å²) in [6.07, 6.45) is 0. The second-order valence-electron chi connectivity index (χ2n) is 6.45. The molecular formula is C22H32IN3O5. The van der Waals surface area contributed by atoms with E-state index < -0.39 is 0 Å². The topological polar surface area (TPSA) is 73.8 Å². The van der Waals surface area contributed by atoms with Gasteiger partial charge in [-0.25, -0.2) is 0 Å². The number of methoxy groups -OCH3 is 5. The molecule has 0 saturated carbocycles. The summed E-state index contributed by atoms with van der Waals surface area (Å²) in [5.74, 6) is 4.20. The van der Waals surface area contributed by atoms with Crippen molar-refractivity contribution in [2.75, 3.05) is 49.6 Å². The maximum atomic E-state index is 5.50. The van der Waals surface area contributed by atoms with Gasteiger partial charge in [0, 0.05) is 50.4 Å². The molecule has 31 heavy (non-hydrogen) atoms. The fourth-order valence-corrected chi connectivity index (χ4v) is 3.10. The molecule has 0 aliphatic rings. The summed E-state index contributed by atoms with van der Waals surface area (Å²) in [4.78, 5) is 6.40. The first-order valence-electron chi connectivity index (χ1n) is 9.42. The van der Waals surface area contributed by atoms with Crippen molar-refractivity contribution >= 4 is 29.9 Å². The quantitative estimate of drug-likeness (QED) is 0.294. The molecule has 0 unspecified atom stereocenters. The summed E-state index contributed by atoms with van der Waals surface area (Å²) >= 11 is 0. The van der Waals surface area contributed by atoms with Crippen LogP contribution in [0, 0.1) is 0 Å². The van der Waals surface area contributed by atoms with Gasteiger partial charge in [0.05, 0.1) is 35.5 Å². The first-order chi connectivity index (χ1) is 14.5. The third kappa shape index (κ3) is 6.71. The second kappa shape index (κ2) is 13.0. The number of hydrogen-bond donors (Lipinski definition) is 1. The SMILES string of the molecule is CN=C(NCc1cc(OC)c(OC)cc1OC)N(C)Cc1ccc(OC)cc1OC.I. The zero-order valence-electron chi connectivity index (χ0n) is 19.1. The van der Waals surface area contributed by atoms with E-state index in [0.717, 1.165) is 28.6 Å². The minimum Gasteiger partial charge on any atom is -0.497 e. The van der Waals surface area contributed by atoms with E-state index in [4.69, 9.17) is 23.7 Å². The van der Waals surface area contributed by atoms with Gasteiger partial charge in [-0.2, -0.15) is 0 Å². The molecule has 0 spiro atoms. The van der Waals surface area contributed by atoms with Crippen LogP contribution in [0.15, 0.2) is 35.3 Å². The van der Waals surface area contributed by atoms with Crippen LogP contribution in [0.3, 0.4) is 0 Å². The standard InChI is InChI=1S/C22H31N3O5.HI/c1-23-22(25(2)14-15-8-9-17(26-3)11-18(15)27-4)24-13-16-10-20(29-6)21(30-7)12-19(16)28-5;/h8-12H,13-14H2,1-7H3,(H,23,24);1H. The lowest BCUT2D eigenvalue weighted by Gasteiger charge is -2.24. The lowest BCUT2D eigenvalue weighted by molar-refractivity contribution is 0.347. The van der Waals surface area contributed by atoms with Crippen molar-refractivity contribution in [2.24, 2.45) is 4.99 Å². The highest BCUT2D eigenvalue weighted by Crippen LogP contribution is 2.34. The second-order valence-corrected chi connectivity index (χ2v) is 6.45. The Bertz CT molecular complexity index is 876. The molecule has 0 saturated heterocycles.